The number of aromatic carboxylic acids is 1. The Labute approximate surface area is 216 Å². The normalized spacial score (nSPS) is 13.8. The molecular formula is C27H22FN3O7. The Morgan fingerprint density at radius 1 is 1.05 bits per heavy atom. The summed E-state index contributed by atoms with van der Waals surface area (Å²) < 4.78 is 24.9. The van der Waals surface area contributed by atoms with Crippen LogP contribution in [0.25, 0.3) is 6.08 Å². The number of hydrogen-bond donors (Lipinski definition) is 3. The van der Waals surface area contributed by atoms with Gasteiger partial charge in [0.25, 0.3) is 5.91 Å². The van der Waals surface area contributed by atoms with Crippen molar-refractivity contribution < 1.29 is 38.1 Å². The Hall–Kier alpha value is -5.19. The molecule has 3 aromatic carbocycles. The van der Waals surface area contributed by atoms with Crippen LogP contribution in [0.1, 0.15) is 21.5 Å². The Bertz CT molecular complexity index is 1440. The maximum atomic E-state index is 13.8. The van der Waals surface area contributed by atoms with Crippen molar-refractivity contribution in [2.24, 2.45) is 0 Å². The molecule has 10 nitrogen and oxygen atoms in total. The highest BCUT2D eigenvalue weighted by molar-refractivity contribution is 6.16. The first-order valence-electron chi connectivity index (χ1n) is 11.3. The third-order valence-corrected chi connectivity index (χ3v) is 5.51. The van der Waals surface area contributed by atoms with Crippen molar-refractivity contribution in [1.29, 1.82) is 0 Å². The second kappa shape index (κ2) is 11.2. The predicted molar refractivity (Wildman–Crippen MR) is 134 cm³/mol. The molecule has 0 bridgehead atoms. The molecule has 1 saturated heterocycles. The van der Waals surface area contributed by atoms with E-state index in [4.69, 9.17) is 14.6 Å². The third kappa shape index (κ3) is 5.95. The van der Waals surface area contributed by atoms with E-state index < -0.39 is 36.2 Å². The Balaban J connectivity index is 1.42. The summed E-state index contributed by atoms with van der Waals surface area (Å²) in [4.78, 5) is 49.0. The van der Waals surface area contributed by atoms with Crippen LogP contribution in [0.15, 0.2) is 72.4 Å². The lowest BCUT2D eigenvalue weighted by atomic mass is 10.1. The summed E-state index contributed by atoms with van der Waals surface area (Å²) in [5.74, 6) is -2.35. The number of nitrogens with zero attached hydrogens (tertiary/aromatic N) is 1. The standard InChI is InChI=1S/C27H22FN3O7/c1-37-23-13-17(8-11-22(23)38-15-16-6-9-18(10-7-16)26(34)35)12-21-25(33)31(27(36)30-21)14-24(32)29-20-5-3-2-4-19(20)28/h2-13H,14-15H2,1H3,(H,29,32)(H,30,36)(H,34,35)/b21-12-. The lowest BCUT2D eigenvalue weighted by Gasteiger charge is -2.12. The maximum absolute atomic E-state index is 13.8. The number of halogens is 1. The van der Waals surface area contributed by atoms with E-state index in [1.54, 1.807) is 30.3 Å². The molecule has 0 atom stereocenters. The van der Waals surface area contributed by atoms with E-state index in [0.717, 1.165) is 5.56 Å². The van der Waals surface area contributed by atoms with Gasteiger partial charge < -0.3 is 25.2 Å². The highest BCUT2D eigenvalue weighted by Gasteiger charge is 2.35. The minimum atomic E-state index is -1.02. The van der Waals surface area contributed by atoms with Crippen LogP contribution in [0.4, 0.5) is 14.9 Å². The van der Waals surface area contributed by atoms with Crippen LogP contribution < -0.4 is 20.1 Å². The van der Waals surface area contributed by atoms with Gasteiger partial charge in [-0.3, -0.25) is 9.59 Å². The molecule has 0 radical (unpaired) electrons. The molecule has 194 valence electrons. The average Bonchev–Trinajstić information content (AvgIpc) is 3.16. The Morgan fingerprint density at radius 3 is 2.47 bits per heavy atom. The summed E-state index contributed by atoms with van der Waals surface area (Å²) >= 11 is 0. The molecule has 1 aliphatic heterocycles. The molecule has 11 heteroatoms. The Morgan fingerprint density at radius 2 is 1.79 bits per heavy atom. The van der Waals surface area contributed by atoms with Gasteiger partial charge in [-0.25, -0.2) is 18.9 Å². The molecule has 0 spiro atoms. The van der Waals surface area contributed by atoms with Crippen molar-refractivity contribution in [2.45, 2.75) is 6.61 Å². The topological polar surface area (TPSA) is 134 Å². The molecule has 4 rings (SSSR count). The molecule has 38 heavy (non-hydrogen) atoms. The van der Waals surface area contributed by atoms with Crippen LogP contribution in [0, 0.1) is 5.82 Å². The maximum Gasteiger partial charge on any atom is 0.335 e. The zero-order valence-electron chi connectivity index (χ0n) is 20.1. The smallest absolute Gasteiger partial charge is 0.335 e. The van der Waals surface area contributed by atoms with Crippen LogP contribution in [-0.2, 0) is 16.2 Å². The van der Waals surface area contributed by atoms with Gasteiger partial charge in [0, 0.05) is 0 Å². The summed E-state index contributed by atoms with van der Waals surface area (Å²) in [6.07, 6.45) is 1.42. The van der Waals surface area contributed by atoms with E-state index in [0.29, 0.717) is 22.0 Å². The number of urea groups is 1. The number of methoxy groups -OCH3 is 1. The number of rotatable bonds is 9. The monoisotopic (exact) mass is 519 g/mol. The highest BCUT2D eigenvalue weighted by Crippen LogP contribution is 2.30. The summed E-state index contributed by atoms with van der Waals surface area (Å²) in [7, 11) is 1.44. The summed E-state index contributed by atoms with van der Waals surface area (Å²) in [6, 6.07) is 15.9. The molecule has 0 aliphatic carbocycles. The lowest BCUT2D eigenvalue weighted by molar-refractivity contribution is -0.127. The number of anilines is 1. The minimum absolute atomic E-state index is 0.0528. The zero-order chi connectivity index (χ0) is 27.2. The SMILES string of the molecule is COc1cc(/C=C2\NC(=O)N(CC(=O)Nc3ccccc3F)C2=O)ccc1OCc1ccc(C(=O)O)cc1. The van der Waals surface area contributed by atoms with Gasteiger partial charge >= 0.3 is 12.0 Å². The van der Waals surface area contributed by atoms with Gasteiger partial charge in [-0.15, -0.1) is 0 Å². The number of para-hydroxylation sites is 1. The summed E-state index contributed by atoms with van der Waals surface area (Å²) in [5, 5.41) is 13.8. The van der Waals surface area contributed by atoms with Gasteiger partial charge in [0.2, 0.25) is 5.91 Å². The van der Waals surface area contributed by atoms with Crippen molar-refractivity contribution in [3.05, 3.63) is 94.9 Å². The van der Waals surface area contributed by atoms with Crippen LogP contribution in [-0.4, -0.2) is 47.5 Å². The molecule has 0 aromatic heterocycles. The second-order valence-electron chi connectivity index (χ2n) is 8.11. The van der Waals surface area contributed by atoms with E-state index in [1.807, 2.05) is 0 Å². The molecular weight excluding hydrogens is 497 g/mol. The first kappa shape index (κ1) is 25.9. The predicted octanol–water partition coefficient (Wildman–Crippen LogP) is 3.64. The third-order valence-electron chi connectivity index (χ3n) is 5.51. The van der Waals surface area contributed by atoms with Crippen molar-refractivity contribution in [3.8, 4) is 11.5 Å². The molecule has 0 saturated carbocycles. The number of imide groups is 1. The molecule has 1 fully saturated rings. The second-order valence-corrected chi connectivity index (χ2v) is 8.11. The van der Waals surface area contributed by atoms with Gasteiger partial charge in [-0.1, -0.05) is 30.3 Å². The number of amides is 4. The van der Waals surface area contributed by atoms with Gasteiger partial charge in [0.05, 0.1) is 18.4 Å². The Kier molecular flexibility index (Phi) is 7.66. The number of ether oxygens (including phenoxy) is 2. The number of benzene rings is 3. The van der Waals surface area contributed by atoms with Gasteiger partial charge in [-0.2, -0.15) is 0 Å². The minimum Gasteiger partial charge on any atom is -0.493 e. The van der Waals surface area contributed by atoms with E-state index in [2.05, 4.69) is 10.6 Å². The fourth-order valence-electron chi connectivity index (χ4n) is 3.58. The fraction of sp³-hybridized carbons (Fsp3) is 0.111. The number of carbonyl (C=O) groups is 4. The number of nitrogens with one attached hydrogen (secondary N) is 2. The average molecular weight is 519 g/mol. The van der Waals surface area contributed by atoms with Gasteiger partial charge in [0.15, 0.2) is 11.5 Å². The van der Waals surface area contributed by atoms with E-state index in [1.165, 1.54) is 49.6 Å². The number of carboxylic acids is 1. The van der Waals surface area contributed by atoms with Crippen molar-refractivity contribution in [2.75, 3.05) is 19.0 Å². The molecule has 1 heterocycles. The van der Waals surface area contributed by atoms with Crippen LogP contribution in [0.5, 0.6) is 11.5 Å². The van der Waals surface area contributed by atoms with Crippen LogP contribution >= 0.6 is 0 Å². The zero-order valence-corrected chi connectivity index (χ0v) is 20.1. The van der Waals surface area contributed by atoms with E-state index >= 15 is 0 Å². The number of carboxylic acid groups (broad SMARTS) is 1. The van der Waals surface area contributed by atoms with E-state index in [-0.39, 0.29) is 23.6 Å². The van der Waals surface area contributed by atoms with Crippen molar-refractivity contribution >= 4 is 35.6 Å². The number of carbonyl (C=O) groups excluding carboxylic acids is 3. The van der Waals surface area contributed by atoms with Crippen LogP contribution in [0.3, 0.4) is 0 Å². The van der Waals surface area contributed by atoms with Gasteiger partial charge in [0.1, 0.15) is 24.7 Å². The molecule has 1 aliphatic rings. The number of hydrogen-bond acceptors (Lipinski definition) is 6. The molecule has 0 unspecified atom stereocenters. The lowest BCUT2D eigenvalue weighted by Crippen LogP contribution is -2.38. The summed E-state index contributed by atoms with van der Waals surface area (Å²) in [5.41, 5.74) is 1.32. The van der Waals surface area contributed by atoms with Crippen molar-refractivity contribution in [1.82, 2.24) is 10.2 Å². The highest BCUT2D eigenvalue weighted by atomic mass is 19.1. The molecule has 3 aromatic rings. The van der Waals surface area contributed by atoms with Crippen LogP contribution in [0.2, 0.25) is 0 Å². The largest absolute Gasteiger partial charge is 0.493 e. The van der Waals surface area contributed by atoms with Crippen molar-refractivity contribution in [3.63, 3.8) is 0 Å². The first-order chi connectivity index (χ1) is 18.2. The quantitative estimate of drug-likeness (QED) is 0.290. The van der Waals surface area contributed by atoms with Gasteiger partial charge in [-0.05, 0) is 53.6 Å². The molecule has 4 amide bonds. The summed E-state index contributed by atoms with van der Waals surface area (Å²) in [6.45, 7) is -0.435. The first-order valence-corrected chi connectivity index (χ1v) is 11.3. The fourth-order valence-corrected chi connectivity index (χ4v) is 3.58. The van der Waals surface area contributed by atoms with E-state index in [9.17, 15) is 23.6 Å². The molecule has 3 N–H and O–H groups in total.